The Labute approximate surface area is 207 Å². The second kappa shape index (κ2) is 8.52. The van der Waals surface area contributed by atoms with Gasteiger partial charge in [-0.1, -0.05) is 57.9 Å². The standard InChI is InChI=1S/C26H18BrN3O5/c1-13-3-2-4-15(11-13)21-20(22(31)14-5-8-17(27)9-6-14)23(32)24(33)30(21)26-28-18-10-7-16(25(34)35)12-19(18)29-26/h2-12,21,31H,1H3,(H,28,29)(H,34,35)/b22-20+. The summed E-state index contributed by atoms with van der Waals surface area (Å²) in [7, 11) is 0. The quantitative estimate of drug-likeness (QED) is 0.194. The molecule has 2 heterocycles. The van der Waals surface area contributed by atoms with Gasteiger partial charge in [0.2, 0.25) is 5.95 Å². The number of aryl methyl sites for hydroxylation is 1. The first-order chi connectivity index (χ1) is 16.7. The maximum absolute atomic E-state index is 13.3. The number of carboxylic acid groups (broad SMARTS) is 1. The van der Waals surface area contributed by atoms with Crippen molar-refractivity contribution in [2.24, 2.45) is 0 Å². The molecule has 0 bridgehead atoms. The number of aliphatic hydroxyl groups is 1. The fraction of sp³-hybridized carbons (Fsp3) is 0.0769. The molecule has 1 aromatic heterocycles. The van der Waals surface area contributed by atoms with E-state index in [1.807, 2.05) is 25.1 Å². The molecule has 35 heavy (non-hydrogen) atoms. The Morgan fingerprint density at radius 1 is 1.00 bits per heavy atom. The lowest BCUT2D eigenvalue weighted by molar-refractivity contribution is -0.132. The number of aromatic amines is 1. The van der Waals surface area contributed by atoms with E-state index in [0.29, 0.717) is 22.2 Å². The Kier molecular flexibility index (Phi) is 5.49. The minimum Gasteiger partial charge on any atom is -0.507 e. The topological polar surface area (TPSA) is 124 Å². The molecular weight excluding hydrogens is 514 g/mol. The normalized spacial score (nSPS) is 17.3. The summed E-state index contributed by atoms with van der Waals surface area (Å²) in [4.78, 5) is 46.6. The zero-order valence-electron chi connectivity index (χ0n) is 18.3. The highest BCUT2D eigenvalue weighted by Gasteiger charge is 2.48. The first kappa shape index (κ1) is 22.5. The van der Waals surface area contributed by atoms with Crippen molar-refractivity contribution in [3.8, 4) is 0 Å². The van der Waals surface area contributed by atoms with Gasteiger partial charge in [0.25, 0.3) is 5.78 Å². The van der Waals surface area contributed by atoms with Gasteiger partial charge >= 0.3 is 11.9 Å². The van der Waals surface area contributed by atoms with Gasteiger partial charge in [0, 0.05) is 10.0 Å². The molecule has 3 aromatic carbocycles. The summed E-state index contributed by atoms with van der Waals surface area (Å²) in [5, 5.41) is 20.5. The molecule has 1 unspecified atom stereocenters. The van der Waals surface area contributed by atoms with Crippen LogP contribution in [-0.2, 0) is 9.59 Å². The Morgan fingerprint density at radius 2 is 1.71 bits per heavy atom. The van der Waals surface area contributed by atoms with Crippen LogP contribution in [0, 0.1) is 6.92 Å². The molecule has 0 aliphatic carbocycles. The number of nitrogens with zero attached hydrogens (tertiary/aromatic N) is 2. The Hall–Kier alpha value is -4.24. The van der Waals surface area contributed by atoms with E-state index in [4.69, 9.17) is 0 Å². The van der Waals surface area contributed by atoms with Crippen LogP contribution in [0.1, 0.15) is 33.1 Å². The molecular formula is C26H18BrN3O5. The first-order valence-corrected chi connectivity index (χ1v) is 11.4. The van der Waals surface area contributed by atoms with Crippen LogP contribution in [0.4, 0.5) is 5.95 Å². The number of halogens is 1. The number of H-pyrrole nitrogens is 1. The number of hydrogen-bond acceptors (Lipinski definition) is 5. The van der Waals surface area contributed by atoms with Gasteiger partial charge in [-0.3, -0.25) is 14.5 Å². The summed E-state index contributed by atoms with van der Waals surface area (Å²) in [5.41, 5.74) is 2.75. The van der Waals surface area contributed by atoms with Crippen molar-refractivity contribution in [3.63, 3.8) is 0 Å². The summed E-state index contributed by atoms with van der Waals surface area (Å²) < 4.78 is 0.799. The number of carboxylic acids is 1. The lowest BCUT2D eigenvalue weighted by Gasteiger charge is -2.23. The summed E-state index contributed by atoms with van der Waals surface area (Å²) >= 11 is 3.35. The number of fused-ring (bicyclic) bond motifs is 1. The van der Waals surface area contributed by atoms with E-state index in [1.54, 1.807) is 30.3 Å². The van der Waals surface area contributed by atoms with Crippen LogP contribution in [0.25, 0.3) is 16.8 Å². The Balaban J connectivity index is 1.72. The van der Waals surface area contributed by atoms with Crippen LogP contribution in [-0.4, -0.2) is 37.8 Å². The average Bonchev–Trinajstić information content (AvgIpc) is 3.37. The molecule has 1 fully saturated rings. The van der Waals surface area contributed by atoms with Crippen LogP contribution in [0.5, 0.6) is 0 Å². The number of Topliss-reactive ketones (excluding diaryl/α,β-unsaturated/α-hetero) is 1. The summed E-state index contributed by atoms with van der Waals surface area (Å²) in [6.45, 7) is 1.89. The minimum absolute atomic E-state index is 0.0558. The number of amides is 1. The third kappa shape index (κ3) is 3.89. The number of aromatic nitrogens is 2. The highest BCUT2D eigenvalue weighted by molar-refractivity contribution is 9.10. The molecule has 1 atom stereocenters. The Morgan fingerprint density at radius 3 is 2.40 bits per heavy atom. The molecule has 5 rings (SSSR count). The summed E-state index contributed by atoms with van der Waals surface area (Å²) in [6.07, 6.45) is 0. The lowest BCUT2D eigenvalue weighted by atomic mass is 9.94. The van der Waals surface area contributed by atoms with E-state index in [-0.39, 0.29) is 22.8 Å². The van der Waals surface area contributed by atoms with E-state index in [2.05, 4.69) is 25.9 Å². The molecule has 4 aromatic rings. The third-order valence-electron chi connectivity index (χ3n) is 5.86. The monoisotopic (exact) mass is 531 g/mol. The number of carbonyl (C=O) groups excluding carboxylic acids is 2. The molecule has 8 nitrogen and oxygen atoms in total. The molecule has 0 saturated carbocycles. The van der Waals surface area contributed by atoms with E-state index >= 15 is 0 Å². The van der Waals surface area contributed by atoms with Crippen molar-refractivity contribution in [1.29, 1.82) is 0 Å². The molecule has 1 amide bonds. The van der Waals surface area contributed by atoms with Crippen molar-refractivity contribution in [2.45, 2.75) is 13.0 Å². The van der Waals surface area contributed by atoms with Crippen LogP contribution < -0.4 is 4.90 Å². The Bertz CT molecular complexity index is 1560. The second-order valence-corrected chi connectivity index (χ2v) is 9.10. The smallest absolute Gasteiger partial charge is 0.335 e. The van der Waals surface area contributed by atoms with Gasteiger partial charge in [0.1, 0.15) is 5.76 Å². The van der Waals surface area contributed by atoms with E-state index in [9.17, 15) is 24.6 Å². The molecule has 1 aliphatic rings. The first-order valence-electron chi connectivity index (χ1n) is 10.6. The molecule has 3 N–H and O–H groups in total. The van der Waals surface area contributed by atoms with Crippen molar-refractivity contribution in [2.75, 3.05) is 4.90 Å². The summed E-state index contributed by atoms with van der Waals surface area (Å²) in [5.74, 6) is -3.02. The highest BCUT2D eigenvalue weighted by Crippen LogP contribution is 2.42. The van der Waals surface area contributed by atoms with E-state index < -0.39 is 23.7 Å². The SMILES string of the molecule is Cc1cccc(C2/C(=C(\O)c3ccc(Br)cc3)C(=O)C(=O)N2c2nc3ccc(C(=O)O)cc3[nH]2)c1. The predicted octanol–water partition coefficient (Wildman–Crippen LogP) is 4.96. The maximum atomic E-state index is 13.3. The highest BCUT2D eigenvalue weighted by atomic mass is 79.9. The van der Waals surface area contributed by atoms with Crippen LogP contribution in [0.15, 0.2) is 76.8 Å². The number of aliphatic hydroxyl groups excluding tert-OH is 1. The van der Waals surface area contributed by atoms with E-state index in [0.717, 1.165) is 10.0 Å². The number of imidazole rings is 1. The number of carbonyl (C=O) groups is 3. The molecule has 9 heteroatoms. The van der Waals surface area contributed by atoms with Gasteiger partial charge in [-0.2, -0.15) is 0 Å². The maximum Gasteiger partial charge on any atom is 0.335 e. The molecule has 174 valence electrons. The van der Waals surface area contributed by atoms with Gasteiger partial charge in [-0.15, -0.1) is 0 Å². The second-order valence-electron chi connectivity index (χ2n) is 8.19. The molecule has 1 saturated heterocycles. The van der Waals surface area contributed by atoms with Crippen molar-refractivity contribution < 1.29 is 24.6 Å². The third-order valence-corrected chi connectivity index (χ3v) is 6.39. The van der Waals surface area contributed by atoms with Gasteiger partial charge in [0.05, 0.1) is 28.2 Å². The number of nitrogens with one attached hydrogen (secondary N) is 1. The van der Waals surface area contributed by atoms with Crippen LogP contribution >= 0.6 is 15.9 Å². The average molecular weight is 532 g/mol. The van der Waals surface area contributed by atoms with Crippen LogP contribution in [0.3, 0.4) is 0 Å². The van der Waals surface area contributed by atoms with Crippen molar-refractivity contribution in [3.05, 3.63) is 99.0 Å². The van der Waals surface area contributed by atoms with E-state index in [1.165, 1.54) is 23.1 Å². The molecule has 0 spiro atoms. The fourth-order valence-electron chi connectivity index (χ4n) is 4.21. The lowest BCUT2D eigenvalue weighted by Crippen LogP contribution is -2.30. The zero-order valence-corrected chi connectivity index (χ0v) is 19.9. The van der Waals surface area contributed by atoms with Gasteiger partial charge in [0.15, 0.2) is 0 Å². The van der Waals surface area contributed by atoms with Crippen LogP contribution in [0.2, 0.25) is 0 Å². The largest absolute Gasteiger partial charge is 0.507 e. The zero-order chi connectivity index (χ0) is 24.9. The number of ketones is 1. The van der Waals surface area contributed by atoms with Gasteiger partial charge in [-0.05, 0) is 42.8 Å². The number of benzene rings is 3. The summed E-state index contributed by atoms with van der Waals surface area (Å²) in [6, 6.07) is 17.5. The number of aromatic carboxylic acids is 1. The molecule has 1 aliphatic heterocycles. The van der Waals surface area contributed by atoms with Gasteiger partial charge in [-0.25, -0.2) is 9.78 Å². The fourth-order valence-corrected chi connectivity index (χ4v) is 4.48. The number of anilines is 1. The molecule has 0 radical (unpaired) electrons. The predicted molar refractivity (Wildman–Crippen MR) is 133 cm³/mol. The number of rotatable bonds is 4. The van der Waals surface area contributed by atoms with Crippen molar-refractivity contribution >= 4 is 56.3 Å². The minimum atomic E-state index is -1.10. The number of hydrogen-bond donors (Lipinski definition) is 3. The van der Waals surface area contributed by atoms with Gasteiger partial charge < -0.3 is 15.2 Å². The van der Waals surface area contributed by atoms with Crippen molar-refractivity contribution in [1.82, 2.24) is 9.97 Å².